The van der Waals surface area contributed by atoms with Gasteiger partial charge >= 0.3 is 6.09 Å². The quantitative estimate of drug-likeness (QED) is 0.728. The van der Waals surface area contributed by atoms with Crippen LogP contribution in [0.3, 0.4) is 0 Å². The maximum atomic E-state index is 12.7. The maximum Gasteiger partial charge on any atom is 0.412 e. The Kier molecular flexibility index (Phi) is 3.24. The fourth-order valence-corrected chi connectivity index (χ4v) is 0.902. The van der Waals surface area contributed by atoms with Gasteiger partial charge in [-0.1, -0.05) is 0 Å². The molecule has 1 aromatic heterocycles. The minimum Gasteiger partial charge on any atom is -0.444 e. The molecular formula is C10H13FN2O2. The lowest BCUT2D eigenvalue weighted by Crippen LogP contribution is -2.27. The van der Waals surface area contributed by atoms with E-state index in [2.05, 4.69) is 10.3 Å². The van der Waals surface area contributed by atoms with E-state index in [0.717, 1.165) is 6.07 Å². The predicted octanol–water partition coefficient (Wildman–Crippen LogP) is 2.57. The predicted molar refractivity (Wildman–Crippen MR) is 54.1 cm³/mol. The van der Waals surface area contributed by atoms with Gasteiger partial charge in [-0.15, -0.1) is 0 Å². The summed E-state index contributed by atoms with van der Waals surface area (Å²) < 4.78 is 17.6. The first kappa shape index (κ1) is 11.4. The molecule has 0 saturated heterocycles. The molecule has 0 spiro atoms. The molecule has 5 heteroatoms. The van der Waals surface area contributed by atoms with E-state index in [0.29, 0.717) is 5.69 Å². The number of rotatable bonds is 1. The summed E-state index contributed by atoms with van der Waals surface area (Å²) in [6, 6.07) is 2.59. The zero-order valence-corrected chi connectivity index (χ0v) is 8.87. The molecule has 1 aromatic rings. The molecule has 1 heterocycles. The molecule has 0 aromatic carbocycles. The van der Waals surface area contributed by atoms with Crippen LogP contribution in [0, 0.1) is 5.95 Å². The van der Waals surface area contributed by atoms with Crippen LogP contribution in [0.1, 0.15) is 20.8 Å². The zero-order chi connectivity index (χ0) is 11.5. The van der Waals surface area contributed by atoms with E-state index in [9.17, 15) is 9.18 Å². The van der Waals surface area contributed by atoms with Gasteiger partial charge in [-0.2, -0.15) is 4.39 Å². The molecule has 0 radical (unpaired) electrons. The van der Waals surface area contributed by atoms with Gasteiger partial charge in [-0.25, -0.2) is 9.78 Å². The van der Waals surface area contributed by atoms with Crippen molar-refractivity contribution in [3.63, 3.8) is 0 Å². The first-order chi connectivity index (χ1) is 6.87. The Morgan fingerprint density at radius 2 is 2.20 bits per heavy atom. The van der Waals surface area contributed by atoms with E-state index in [-0.39, 0.29) is 0 Å². The third-order valence-electron chi connectivity index (χ3n) is 1.37. The van der Waals surface area contributed by atoms with Crippen molar-refractivity contribution in [2.45, 2.75) is 26.4 Å². The topological polar surface area (TPSA) is 51.2 Å². The molecule has 15 heavy (non-hydrogen) atoms. The van der Waals surface area contributed by atoms with Gasteiger partial charge in [0.05, 0.1) is 5.69 Å². The van der Waals surface area contributed by atoms with Gasteiger partial charge in [0.2, 0.25) is 5.95 Å². The molecule has 0 aliphatic carbocycles. The van der Waals surface area contributed by atoms with Crippen molar-refractivity contribution >= 4 is 11.8 Å². The molecular weight excluding hydrogens is 199 g/mol. The van der Waals surface area contributed by atoms with Crippen LogP contribution < -0.4 is 5.32 Å². The highest BCUT2D eigenvalue weighted by molar-refractivity contribution is 5.84. The molecule has 0 aliphatic rings. The average Bonchev–Trinajstić information content (AvgIpc) is 1.99. The van der Waals surface area contributed by atoms with E-state index in [4.69, 9.17) is 4.74 Å². The van der Waals surface area contributed by atoms with Gasteiger partial charge in [0.1, 0.15) is 5.60 Å². The molecule has 4 nitrogen and oxygen atoms in total. The van der Waals surface area contributed by atoms with Crippen molar-refractivity contribution in [3.05, 3.63) is 24.3 Å². The van der Waals surface area contributed by atoms with E-state index >= 15 is 0 Å². The van der Waals surface area contributed by atoms with E-state index in [1.54, 1.807) is 20.8 Å². The average molecular weight is 212 g/mol. The molecule has 1 N–H and O–H groups in total. The summed E-state index contributed by atoms with van der Waals surface area (Å²) in [5, 5.41) is 2.40. The third-order valence-corrected chi connectivity index (χ3v) is 1.37. The fraction of sp³-hybridized carbons (Fsp3) is 0.400. The highest BCUT2D eigenvalue weighted by atomic mass is 19.1. The number of hydrogen-bond donors (Lipinski definition) is 1. The molecule has 0 atom stereocenters. The molecule has 0 aliphatic heterocycles. The van der Waals surface area contributed by atoms with Crippen LogP contribution >= 0.6 is 0 Å². The van der Waals surface area contributed by atoms with Gasteiger partial charge < -0.3 is 4.74 Å². The molecule has 1 rings (SSSR count). The van der Waals surface area contributed by atoms with Crippen LogP contribution in [-0.4, -0.2) is 16.7 Å². The second kappa shape index (κ2) is 4.25. The van der Waals surface area contributed by atoms with Crippen molar-refractivity contribution in [1.82, 2.24) is 4.98 Å². The first-order valence-electron chi connectivity index (χ1n) is 4.48. The van der Waals surface area contributed by atoms with Crippen LogP contribution in [0.25, 0.3) is 0 Å². The summed E-state index contributed by atoms with van der Waals surface area (Å²) in [5.74, 6) is -0.649. The SMILES string of the molecule is CC(C)(C)OC(=O)Nc1ccnc(F)c1. The first-order valence-corrected chi connectivity index (χ1v) is 4.48. The van der Waals surface area contributed by atoms with Crippen molar-refractivity contribution in [1.29, 1.82) is 0 Å². The van der Waals surface area contributed by atoms with Crippen molar-refractivity contribution in [2.75, 3.05) is 5.32 Å². The Morgan fingerprint density at radius 3 is 2.73 bits per heavy atom. The summed E-state index contributed by atoms with van der Waals surface area (Å²) >= 11 is 0. The van der Waals surface area contributed by atoms with Crippen LogP contribution in [-0.2, 0) is 4.74 Å². The molecule has 0 saturated carbocycles. The standard InChI is InChI=1S/C10H13FN2O2/c1-10(2,3)15-9(14)13-7-4-5-12-8(11)6-7/h4-6H,1-3H3,(H,12,13,14). The number of amides is 1. The fourth-order valence-electron chi connectivity index (χ4n) is 0.902. The smallest absolute Gasteiger partial charge is 0.412 e. The van der Waals surface area contributed by atoms with E-state index < -0.39 is 17.6 Å². The van der Waals surface area contributed by atoms with Crippen LogP contribution in [0.15, 0.2) is 18.3 Å². The second-order valence-electron chi connectivity index (χ2n) is 3.99. The lowest BCUT2D eigenvalue weighted by molar-refractivity contribution is 0.0636. The van der Waals surface area contributed by atoms with Crippen LogP contribution in [0.5, 0.6) is 0 Å². The third kappa shape index (κ3) is 4.39. The highest BCUT2D eigenvalue weighted by Gasteiger charge is 2.16. The van der Waals surface area contributed by atoms with Gasteiger partial charge in [0.15, 0.2) is 0 Å². The Labute approximate surface area is 87.5 Å². The van der Waals surface area contributed by atoms with Crippen LogP contribution in [0.4, 0.5) is 14.9 Å². The number of halogens is 1. The van der Waals surface area contributed by atoms with Crippen molar-refractivity contribution in [3.8, 4) is 0 Å². The van der Waals surface area contributed by atoms with Crippen molar-refractivity contribution in [2.24, 2.45) is 0 Å². The lowest BCUT2D eigenvalue weighted by Gasteiger charge is -2.19. The van der Waals surface area contributed by atoms with E-state index in [1.807, 2.05) is 0 Å². The van der Waals surface area contributed by atoms with Gasteiger partial charge in [0.25, 0.3) is 0 Å². The van der Waals surface area contributed by atoms with Crippen LogP contribution in [0.2, 0.25) is 0 Å². The van der Waals surface area contributed by atoms with Gasteiger partial charge in [-0.05, 0) is 26.8 Å². The van der Waals surface area contributed by atoms with Gasteiger partial charge in [-0.3, -0.25) is 5.32 Å². The molecule has 82 valence electrons. The van der Waals surface area contributed by atoms with Crippen molar-refractivity contribution < 1.29 is 13.9 Å². The number of nitrogens with one attached hydrogen (secondary N) is 1. The number of pyridine rings is 1. The Morgan fingerprint density at radius 1 is 1.53 bits per heavy atom. The zero-order valence-electron chi connectivity index (χ0n) is 8.87. The summed E-state index contributed by atoms with van der Waals surface area (Å²) in [7, 11) is 0. The summed E-state index contributed by atoms with van der Waals surface area (Å²) in [4.78, 5) is 14.6. The highest BCUT2D eigenvalue weighted by Crippen LogP contribution is 2.11. The summed E-state index contributed by atoms with van der Waals surface area (Å²) in [6.07, 6.45) is 0.648. The molecule has 0 unspecified atom stereocenters. The molecule has 0 bridgehead atoms. The maximum absolute atomic E-state index is 12.7. The molecule has 1 amide bonds. The summed E-state index contributed by atoms with van der Waals surface area (Å²) in [6.45, 7) is 5.25. The normalized spacial score (nSPS) is 10.9. The Hall–Kier alpha value is -1.65. The largest absolute Gasteiger partial charge is 0.444 e. The number of ether oxygens (including phenoxy) is 1. The Balaban J connectivity index is 2.59. The number of anilines is 1. The van der Waals surface area contributed by atoms with E-state index in [1.165, 1.54) is 12.3 Å². The number of carbonyl (C=O) groups excluding carboxylic acids is 1. The minimum atomic E-state index is -0.649. The lowest BCUT2D eigenvalue weighted by atomic mass is 10.2. The minimum absolute atomic E-state index is 0.316. The number of nitrogens with zero attached hydrogens (tertiary/aromatic N) is 1. The number of hydrogen-bond acceptors (Lipinski definition) is 3. The number of aromatic nitrogens is 1. The molecule has 0 fully saturated rings. The number of carbonyl (C=O) groups is 1. The Bertz CT molecular complexity index is 361. The summed E-state index contributed by atoms with van der Waals surface area (Å²) in [5.41, 5.74) is -0.257. The second-order valence-corrected chi connectivity index (χ2v) is 3.99. The monoisotopic (exact) mass is 212 g/mol. The van der Waals surface area contributed by atoms with Gasteiger partial charge in [0, 0.05) is 12.3 Å².